The molecule has 0 unspecified atom stereocenters. The Kier molecular flexibility index (Phi) is 5.15. The molecule has 0 fully saturated rings. The zero-order valence-electron chi connectivity index (χ0n) is 9.59. The van der Waals surface area contributed by atoms with Crippen LogP contribution < -0.4 is 5.32 Å². The standard InChI is InChI=1S/C12H13BrFNO2/c1-8(12(16)17-2)6-7-15-11-9(13)4-3-5-10(11)14/h3-6,15H,7H2,1-2H3/b8-6+. The molecule has 0 heterocycles. The van der Waals surface area contributed by atoms with Gasteiger partial charge in [0.25, 0.3) is 0 Å². The Balaban J connectivity index is 2.66. The van der Waals surface area contributed by atoms with Crippen molar-refractivity contribution >= 4 is 27.6 Å². The minimum Gasteiger partial charge on any atom is -0.466 e. The minimum absolute atomic E-state index is 0.344. The molecule has 3 nitrogen and oxygen atoms in total. The first-order valence-corrected chi connectivity index (χ1v) is 5.78. The molecule has 1 aromatic carbocycles. The van der Waals surface area contributed by atoms with E-state index in [0.29, 0.717) is 22.3 Å². The average Bonchev–Trinajstić information content (AvgIpc) is 2.31. The highest BCUT2D eigenvalue weighted by molar-refractivity contribution is 9.10. The maximum Gasteiger partial charge on any atom is 0.333 e. The third kappa shape index (κ3) is 3.85. The third-order valence-corrected chi connectivity index (χ3v) is 2.82. The molecule has 1 aromatic rings. The van der Waals surface area contributed by atoms with Crippen LogP contribution in [0.2, 0.25) is 0 Å². The van der Waals surface area contributed by atoms with Crippen LogP contribution in [0.4, 0.5) is 10.1 Å². The molecule has 1 rings (SSSR count). The van der Waals surface area contributed by atoms with E-state index in [1.165, 1.54) is 13.2 Å². The largest absolute Gasteiger partial charge is 0.466 e. The van der Waals surface area contributed by atoms with Gasteiger partial charge >= 0.3 is 5.97 Å². The molecular weight excluding hydrogens is 289 g/mol. The molecule has 0 atom stereocenters. The normalized spacial score (nSPS) is 11.2. The fourth-order valence-corrected chi connectivity index (χ4v) is 1.70. The number of rotatable bonds is 4. The van der Waals surface area contributed by atoms with Crippen molar-refractivity contribution in [2.75, 3.05) is 19.0 Å². The topological polar surface area (TPSA) is 38.3 Å². The lowest BCUT2D eigenvalue weighted by molar-refractivity contribution is -0.136. The highest BCUT2D eigenvalue weighted by Crippen LogP contribution is 2.24. The molecule has 0 bridgehead atoms. The SMILES string of the molecule is COC(=O)/C(C)=C/CNc1c(F)cccc1Br. The van der Waals surface area contributed by atoms with Gasteiger partial charge in [0.1, 0.15) is 5.82 Å². The monoisotopic (exact) mass is 301 g/mol. The van der Waals surface area contributed by atoms with Crippen LogP contribution in [0.1, 0.15) is 6.92 Å². The average molecular weight is 302 g/mol. The summed E-state index contributed by atoms with van der Waals surface area (Å²) in [5.74, 6) is -0.733. The Morgan fingerprint density at radius 2 is 2.29 bits per heavy atom. The molecule has 0 saturated carbocycles. The van der Waals surface area contributed by atoms with Gasteiger partial charge < -0.3 is 10.1 Å². The number of para-hydroxylation sites is 1. The number of hydrogen-bond donors (Lipinski definition) is 1. The van der Waals surface area contributed by atoms with Crippen molar-refractivity contribution in [1.82, 2.24) is 0 Å². The van der Waals surface area contributed by atoms with E-state index in [0.717, 1.165) is 0 Å². The first-order chi connectivity index (χ1) is 8.06. The molecule has 0 saturated heterocycles. The van der Waals surface area contributed by atoms with Crippen LogP contribution >= 0.6 is 15.9 Å². The Bertz CT molecular complexity index is 426. The number of hydrogen-bond acceptors (Lipinski definition) is 3. The van der Waals surface area contributed by atoms with E-state index in [2.05, 4.69) is 26.0 Å². The molecule has 92 valence electrons. The maximum absolute atomic E-state index is 13.4. The van der Waals surface area contributed by atoms with Crippen LogP contribution in [0, 0.1) is 5.82 Å². The quantitative estimate of drug-likeness (QED) is 0.686. The van der Waals surface area contributed by atoms with Crippen molar-refractivity contribution in [3.8, 4) is 0 Å². The van der Waals surface area contributed by atoms with Crippen LogP contribution in [0.3, 0.4) is 0 Å². The van der Waals surface area contributed by atoms with E-state index in [9.17, 15) is 9.18 Å². The molecule has 0 aliphatic carbocycles. The van der Waals surface area contributed by atoms with Gasteiger partial charge in [0.15, 0.2) is 0 Å². The highest BCUT2D eigenvalue weighted by Gasteiger charge is 2.05. The van der Waals surface area contributed by atoms with Gasteiger partial charge in [-0.2, -0.15) is 0 Å². The van der Waals surface area contributed by atoms with Gasteiger partial charge in [0, 0.05) is 16.6 Å². The first-order valence-electron chi connectivity index (χ1n) is 4.99. The number of nitrogens with one attached hydrogen (secondary N) is 1. The molecule has 0 aliphatic heterocycles. The Labute approximate surface area is 108 Å². The fraction of sp³-hybridized carbons (Fsp3) is 0.250. The van der Waals surface area contributed by atoms with Gasteiger partial charge in [-0.15, -0.1) is 0 Å². The zero-order chi connectivity index (χ0) is 12.8. The summed E-state index contributed by atoms with van der Waals surface area (Å²) in [6, 6.07) is 4.71. The van der Waals surface area contributed by atoms with E-state index in [4.69, 9.17) is 0 Å². The second-order valence-corrected chi connectivity index (χ2v) is 4.21. The van der Waals surface area contributed by atoms with Crippen LogP contribution in [0.15, 0.2) is 34.3 Å². The lowest BCUT2D eigenvalue weighted by Crippen LogP contribution is -2.06. The van der Waals surface area contributed by atoms with Gasteiger partial charge in [-0.3, -0.25) is 0 Å². The summed E-state index contributed by atoms with van der Waals surface area (Å²) >= 11 is 3.24. The second-order valence-electron chi connectivity index (χ2n) is 3.36. The summed E-state index contributed by atoms with van der Waals surface area (Å²) in [5, 5.41) is 2.89. The first kappa shape index (κ1) is 13.7. The van der Waals surface area contributed by atoms with Crippen molar-refractivity contribution < 1.29 is 13.9 Å². The third-order valence-electron chi connectivity index (χ3n) is 2.16. The van der Waals surface area contributed by atoms with Crippen LogP contribution in [-0.2, 0) is 9.53 Å². The van der Waals surface area contributed by atoms with Gasteiger partial charge in [-0.25, -0.2) is 9.18 Å². The number of ether oxygens (including phenoxy) is 1. The van der Waals surface area contributed by atoms with E-state index >= 15 is 0 Å². The lowest BCUT2D eigenvalue weighted by atomic mass is 10.2. The number of carbonyl (C=O) groups is 1. The smallest absolute Gasteiger partial charge is 0.333 e. The van der Waals surface area contributed by atoms with Crippen molar-refractivity contribution in [2.45, 2.75) is 6.92 Å². The Morgan fingerprint density at radius 3 is 2.88 bits per heavy atom. The Hall–Kier alpha value is -1.36. The fourth-order valence-electron chi connectivity index (χ4n) is 1.22. The number of methoxy groups -OCH3 is 1. The Morgan fingerprint density at radius 1 is 1.59 bits per heavy atom. The van der Waals surface area contributed by atoms with Crippen molar-refractivity contribution in [2.24, 2.45) is 0 Å². The molecule has 5 heteroatoms. The molecule has 1 N–H and O–H groups in total. The van der Waals surface area contributed by atoms with Crippen molar-refractivity contribution in [1.29, 1.82) is 0 Å². The van der Waals surface area contributed by atoms with Crippen LogP contribution in [0.25, 0.3) is 0 Å². The number of carbonyl (C=O) groups excluding carboxylic acids is 1. The minimum atomic E-state index is -0.389. The summed E-state index contributed by atoms with van der Waals surface area (Å²) < 4.78 is 18.6. The summed E-state index contributed by atoms with van der Waals surface area (Å²) in [4.78, 5) is 11.1. The molecule has 0 aromatic heterocycles. The summed E-state index contributed by atoms with van der Waals surface area (Å²) in [6.45, 7) is 1.99. The van der Waals surface area contributed by atoms with Gasteiger partial charge in [0.2, 0.25) is 0 Å². The highest BCUT2D eigenvalue weighted by atomic mass is 79.9. The molecule has 0 radical (unpaired) electrons. The summed E-state index contributed by atoms with van der Waals surface area (Å²) in [5.41, 5.74) is 0.855. The van der Waals surface area contributed by atoms with Gasteiger partial charge in [-0.1, -0.05) is 12.1 Å². The number of halogens is 2. The van der Waals surface area contributed by atoms with Crippen molar-refractivity contribution in [3.05, 3.63) is 40.1 Å². The second kappa shape index (κ2) is 6.39. The maximum atomic E-state index is 13.4. The van der Waals surface area contributed by atoms with Gasteiger partial charge in [0.05, 0.1) is 12.8 Å². The van der Waals surface area contributed by atoms with E-state index in [-0.39, 0.29) is 11.8 Å². The predicted octanol–water partition coefficient (Wildman–Crippen LogP) is 3.12. The number of benzene rings is 1. The molecule has 0 aliphatic rings. The number of anilines is 1. The van der Waals surface area contributed by atoms with E-state index in [1.54, 1.807) is 25.1 Å². The van der Waals surface area contributed by atoms with Crippen molar-refractivity contribution in [3.63, 3.8) is 0 Å². The molecule has 17 heavy (non-hydrogen) atoms. The lowest BCUT2D eigenvalue weighted by Gasteiger charge is -2.07. The van der Waals surface area contributed by atoms with Crippen LogP contribution in [0.5, 0.6) is 0 Å². The zero-order valence-corrected chi connectivity index (χ0v) is 11.2. The molecule has 0 spiro atoms. The summed E-state index contributed by atoms with van der Waals surface area (Å²) in [7, 11) is 1.32. The van der Waals surface area contributed by atoms with E-state index < -0.39 is 0 Å². The summed E-state index contributed by atoms with van der Waals surface area (Å²) in [6.07, 6.45) is 1.64. The van der Waals surface area contributed by atoms with Crippen LogP contribution in [-0.4, -0.2) is 19.6 Å². The predicted molar refractivity (Wildman–Crippen MR) is 68.4 cm³/mol. The van der Waals surface area contributed by atoms with E-state index in [1.807, 2.05) is 0 Å². The number of esters is 1. The molecular formula is C12H13BrFNO2. The molecule has 0 amide bonds. The van der Waals surface area contributed by atoms with Gasteiger partial charge in [-0.05, 0) is 35.0 Å².